The average molecular weight is 403 g/mol. The van der Waals surface area contributed by atoms with Crippen LogP contribution in [0.15, 0.2) is 60.7 Å². The molecule has 0 fully saturated rings. The van der Waals surface area contributed by atoms with E-state index in [0.717, 1.165) is 5.69 Å². The summed E-state index contributed by atoms with van der Waals surface area (Å²) in [5, 5.41) is 13.5. The largest absolute Gasteiger partial charge is 0.507 e. The first-order valence-electron chi connectivity index (χ1n) is 9.72. The molecule has 1 aliphatic carbocycles. The van der Waals surface area contributed by atoms with Gasteiger partial charge in [0.25, 0.3) is 0 Å². The number of ether oxygens (including phenoxy) is 2. The molecule has 0 radical (unpaired) electrons. The van der Waals surface area contributed by atoms with Crippen LogP contribution in [0, 0.1) is 0 Å². The van der Waals surface area contributed by atoms with Crippen molar-refractivity contribution in [3.63, 3.8) is 0 Å². The quantitative estimate of drug-likeness (QED) is 0.353. The van der Waals surface area contributed by atoms with E-state index in [2.05, 4.69) is 5.32 Å². The zero-order valence-corrected chi connectivity index (χ0v) is 16.5. The lowest BCUT2D eigenvalue weighted by Crippen LogP contribution is -2.22. The maximum absolute atomic E-state index is 13.1. The summed E-state index contributed by atoms with van der Waals surface area (Å²) >= 11 is 0. The number of phenols is 1. The fraction of sp³-hybridized carbons (Fsp3) is 0.167. The molecule has 0 atom stereocenters. The van der Waals surface area contributed by atoms with Crippen LogP contribution >= 0.6 is 0 Å². The van der Waals surface area contributed by atoms with Gasteiger partial charge in [-0.3, -0.25) is 9.59 Å². The average Bonchev–Trinajstić information content (AvgIpc) is 2.77. The molecule has 4 rings (SSSR count). The van der Waals surface area contributed by atoms with E-state index < -0.39 is 0 Å². The number of hydrogen-bond donors (Lipinski definition) is 2. The minimum atomic E-state index is -0.362. The highest BCUT2D eigenvalue weighted by Gasteiger charge is 2.33. The Morgan fingerprint density at radius 3 is 2.17 bits per heavy atom. The van der Waals surface area contributed by atoms with Crippen LogP contribution in [-0.2, 0) is 4.74 Å². The smallest absolute Gasteiger partial charge is 0.198 e. The van der Waals surface area contributed by atoms with Gasteiger partial charge in [-0.1, -0.05) is 24.3 Å². The summed E-state index contributed by atoms with van der Waals surface area (Å²) in [4.78, 5) is 26.0. The zero-order chi connectivity index (χ0) is 21.1. The normalized spacial score (nSPS) is 12.3. The minimum absolute atomic E-state index is 0.0274. The van der Waals surface area contributed by atoms with E-state index in [4.69, 9.17) is 9.47 Å². The number of carbonyl (C=O) groups excluding carboxylic acids is 2. The molecule has 152 valence electrons. The van der Waals surface area contributed by atoms with Crippen molar-refractivity contribution in [2.75, 3.05) is 25.1 Å². The highest BCUT2D eigenvalue weighted by molar-refractivity contribution is 6.31. The van der Waals surface area contributed by atoms with E-state index >= 15 is 0 Å². The summed E-state index contributed by atoms with van der Waals surface area (Å²) in [7, 11) is 0. The highest BCUT2D eigenvalue weighted by atomic mass is 16.5. The lowest BCUT2D eigenvalue weighted by atomic mass is 9.82. The number of hydrogen-bond acceptors (Lipinski definition) is 6. The van der Waals surface area contributed by atoms with Crippen molar-refractivity contribution in [3.8, 4) is 11.5 Å². The molecular weight excluding hydrogens is 382 g/mol. The molecule has 3 aromatic rings. The maximum Gasteiger partial charge on any atom is 0.198 e. The molecule has 30 heavy (non-hydrogen) atoms. The number of nitrogens with one attached hydrogen (secondary N) is 1. The van der Waals surface area contributed by atoms with Gasteiger partial charge >= 0.3 is 0 Å². The molecule has 0 amide bonds. The zero-order valence-electron chi connectivity index (χ0n) is 16.5. The van der Waals surface area contributed by atoms with Gasteiger partial charge in [0.2, 0.25) is 0 Å². The topological polar surface area (TPSA) is 84.9 Å². The number of carbonyl (C=O) groups is 2. The molecule has 0 unspecified atom stereocenters. The van der Waals surface area contributed by atoms with Gasteiger partial charge in [-0.15, -0.1) is 0 Å². The molecule has 6 heteroatoms. The van der Waals surface area contributed by atoms with Crippen molar-refractivity contribution in [2.24, 2.45) is 0 Å². The van der Waals surface area contributed by atoms with E-state index in [0.29, 0.717) is 42.4 Å². The van der Waals surface area contributed by atoms with E-state index in [1.807, 2.05) is 31.2 Å². The highest BCUT2D eigenvalue weighted by Crippen LogP contribution is 2.38. The lowest BCUT2D eigenvalue weighted by Gasteiger charge is -2.21. The maximum atomic E-state index is 13.1. The minimum Gasteiger partial charge on any atom is -0.507 e. The Bertz CT molecular complexity index is 1110. The van der Waals surface area contributed by atoms with Gasteiger partial charge in [-0.05, 0) is 43.3 Å². The molecule has 2 N–H and O–H groups in total. The van der Waals surface area contributed by atoms with Gasteiger partial charge in [-0.2, -0.15) is 0 Å². The molecule has 0 saturated carbocycles. The number of rotatable bonds is 7. The van der Waals surface area contributed by atoms with Gasteiger partial charge < -0.3 is 19.9 Å². The second-order valence-corrected chi connectivity index (χ2v) is 6.78. The second kappa shape index (κ2) is 8.39. The first-order valence-corrected chi connectivity index (χ1v) is 9.72. The van der Waals surface area contributed by atoms with E-state index in [1.54, 1.807) is 30.3 Å². The summed E-state index contributed by atoms with van der Waals surface area (Å²) in [6.45, 7) is 3.56. The van der Waals surface area contributed by atoms with Crippen molar-refractivity contribution < 1.29 is 24.2 Å². The number of anilines is 2. The van der Waals surface area contributed by atoms with Gasteiger partial charge in [-0.25, -0.2) is 0 Å². The molecule has 0 aliphatic heterocycles. The Hall–Kier alpha value is -3.64. The number of fused-ring (bicyclic) bond motifs is 2. The molecule has 0 spiro atoms. The van der Waals surface area contributed by atoms with Crippen molar-refractivity contribution in [1.29, 1.82) is 0 Å². The fourth-order valence-electron chi connectivity index (χ4n) is 3.46. The first kappa shape index (κ1) is 19.7. The van der Waals surface area contributed by atoms with Crippen LogP contribution < -0.4 is 10.1 Å². The van der Waals surface area contributed by atoms with Crippen LogP contribution in [0.3, 0.4) is 0 Å². The third-order valence-corrected chi connectivity index (χ3v) is 4.89. The molecule has 0 heterocycles. The van der Waals surface area contributed by atoms with E-state index in [9.17, 15) is 14.7 Å². The van der Waals surface area contributed by atoms with Crippen LogP contribution in [0.2, 0.25) is 0 Å². The molecule has 6 nitrogen and oxygen atoms in total. The molecular formula is C24H21NO5. The van der Waals surface area contributed by atoms with Gasteiger partial charge in [0.1, 0.15) is 18.1 Å². The predicted octanol–water partition coefficient (Wildman–Crippen LogP) is 4.33. The van der Waals surface area contributed by atoms with Crippen LogP contribution in [0.5, 0.6) is 11.5 Å². The van der Waals surface area contributed by atoms with Crippen molar-refractivity contribution in [3.05, 3.63) is 82.9 Å². The Labute approximate surface area is 174 Å². The molecule has 0 aromatic heterocycles. The fourth-order valence-corrected chi connectivity index (χ4v) is 3.46. The standard InChI is InChI=1S/C24H21NO5/c1-2-29-13-14-30-16-9-7-15(8-10-16)25-19-11-12-20(26)22-21(19)23(27)17-5-3-4-6-18(17)24(22)28/h3-12,25-26H,2,13-14H2,1H3. The molecule has 3 aromatic carbocycles. The Morgan fingerprint density at radius 2 is 1.50 bits per heavy atom. The van der Waals surface area contributed by atoms with Crippen molar-refractivity contribution >= 4 is 22.9 Å². The third kappa shape index (κ3) is 3.65. The summed E-state index contributed by atoms with van der Waals surface area (Å²) in [6.07, 6.45) is 0. The monoisotopic (exact) mass is 403 g/mol. The molecule has 0 saturated heterocycles. The third-order valence-electron chi connectivity index (χ3n) is 4.89. The van der Waals surface area contributed by atoms with Crippen LogP contribution in [0.25, 0.3) is 0 Å². The van der Waals surface area contributed by atoms with Crippen molar-refractivity contribution in [2.45, 2.75) is 6.92 Å². The van der Waals surface area contributed by atoms with Crippen molar-refractivity contribution in [1.82, 2.24) is 0 Å². The van der Waals surface area contributed by atoms with E-state index in [1.165, 1.54) is 6.07 Å². The van der Waals surface area contributed by atoms with Crippen LogP contribution in [-0.4, -0.2) is 36.5 Å². The van der Waals surface area contributed by atoms with Gasteiger partial charge in [0.05, 0.1) is 23.4 Å². The van der Waals surface area contributed by atoms with Gasteiger partial charge in [0, 0.05) is 23.4 Å². The predicted molar refractivity (Wildman–Crippen MR) is 113 cm³/mol. The SMILES string of the molecule is CCOCCOc1ccc(Nc2ccc(O)c3c2C(=O)c2ccccc2C3=O)cc1. The molecule has 0 bridgehead atoms. The Kier molecular flexibility index (Phi) is 5.50. The Balaban J connectivity index is 1.61. The van der Waals surface area contributed by atoms with E-state index in [-0.39, 0.29) is 28.4 Å². The van der Waals surface area contributed by atoms with Crippen LogP contribution in [0.1, 0.15) is 38.8 Å². The summed E-state index contributed by atoms with van der Waals surface area (Å²) in [5.74, 6) is -0.163. The Morgan fingerprint density at radius 1 is 0.833 bits per heavy atom. The van der Waals surface area contributed by atoms with Gasteiger partial charge in [0.15, 0.2) is 11.6 Å². The number of benzene rings is 3. The lowest BCUT2D eigenvalue weighted by molar-refractivity contribution is 0.0977. The summed E-state index contributed by atoms with van der Waals surface area (Å²) in [6, 6.07) is 16.9. The number of phenolic OH excluding ortho intramolecular Hbond substituents is 1. The number of ketones is 2. The molecule has 1 aliphatic rings. The summed E-state index contributed by atoms with van der Waals surface area (Å²) in [5.41, 5.74) is 2.02. The number of aromatic hydroxyl groups is 1. The second-order valence-electron chi connectivity index (χ2n) is 6.78. The van der Waals surface area contributed by atoms with Crippen LogP contribution in [0.4, 0.5) is 11.4 Å². The first-order chi connectivity index (χ1) is 14.6. The summed E-state index contributed by atoms with van der Waals surface area (Å²) < 4.78 is 10.9.